The van der Waals surface area contributed by atoms with Crippen LogP contribution in [0.2, 0.25) is 0 Å². The van der Waals surface area contributed by atoms with Gasteiger partial charge in [-0.25, -0.2) is 4.79 Å². The minimum absolute atomic E-state index is 0.314. The summed E-state index contributed by atoms with van der Waals surface area (Å²) in [5, 5.41) is 2.79. The Labute approximate surface area is 125 Å². The second kappa shape index (κ2) is 7.07. The van der Waals surface area contributed by atoms with Crippen LogP contribution in [0.1, 0.15) is 37.8 Å². The lowest BCUT2D eigenvalue weighted by Gasteiger charge is -2.13. The van der Waals surface area contributed by atoms with Crippen LogP contribution in [-0.2, 0) is 27.2 Å². The van der Waals surface area contributed by atoms with Crippen LogP contribution in [0, 0.1) is 0 Å². The number of amides is 1. The molecule has 1 atom stereocenters. The van der Waals surface area contributed by atoms with Gasteiger partial charge < -0.3 is 10.1 Å². The molecule has 2 rings (SSSR count). The Kier molecular flexibility index (Phi) is 5.14. The van der Waals surface area contributed by atoms with E-state index in [1.165, 1.54) is 23.6 Å². The van der Waals surface area contributed by atoms with Gasteiger partial charge in [0.25, 0.3) is 5.91 Å². The third kappa shape index (κ3) is 4.18. The van der Waals surface area contributed by atoms with E-state index in [-0.39, 0.29) is 5.91 Å². The van der Waals surface area contributed by atoms with Crippen molar-refractivity contribution in [1.82, 2.24) is 0 Å². The maximum atomic E-state index is 12.0. The predicted molar refractivity (Wildman–Crippen MR) is 82.1 cm³/mol. The maximum absolute atomic E-state index is 12.0. The molecular formula is C17H21NO3. The van der Waals surface area contributed by atoms with E-state index >= 15 is 0 Å². The fourth-order valence-electron chi connectivity index (χ4n) is 2.37. The number of hydrogen-bond acceptors (Lipinski definition) is 3. The van der Waals surface area contributed by atoms with E-state index < -0.39 is 12.1 Å². The summed E-state index contributed by atoms with van der Waals surface area (Å²) in [7, 11) is 0. The Balaban J connectivity index is 1.91. The molecule has 0 radical (unpaired) electrons. The van der Waals surface area contributed by atoms with E-state index in [2.05, 4.69) is 11.4 Å². The average molecular weight is 287 g/mol. The molecule has 1 aromatic carbocycles. The van der Waals surface area contributed by atoms with E-state index in [1.54, 1.807) is 13.0 Å². The molecule has 4 heteroatoms. The second-order valence-corrected chi connectivity index (χ2v) is 5.22. The normalized spacial score (nSPS) is 14.8. The van der Waals surface area contributed by atoms with Crippen molar-refractivity contribution in [1.29, 1.82) is 0 Å². The van der Waals surface area contributed by atoms with E-state index in [1.807, 2.05) is 19.1 Å². The lowest BCUT2D eigenvalue weighted by Crippen LogP contribution is -2.29. The van der Waals surface area contributed by atoms with Gasteiger partial charge in [0.2, 0.25) is 0 Å². The molecule has 0 bridgehead atoms. The molecule has 0 saturated heterocycles. The quantitative estimate of drug-likeness (QED) is 0.669. The summed E-state index contributed by atoms with van der Waals surface area (Å²) in [6.45, 7) is 3.49. The molecular weight excluding hydrogens is 266 g/mol. The molecule has 21 heavy (non-hydrogen) atoms. The van der Waals surface area contributed by atoms with Gasteiger partial charge >= 0.3 is 5.97 Å². The first-order valence-corrected chi connectivity index (χ1v) is 7.40. The topological polar surface area (TPSA) is 55.4 Å². The van der Waals surface area contributed by atoms with Gasteiger partial charge in [-0.15, -0.1) is 0 Å². The van der Waals surface area contributed by atoms with Crippen molar-refractivity contribution < 1.29 is 14.3 Å². The first-order chi connectivity index (χ1) is 10.1. The van der Waals surface area contributed by atoms with Crippen molar-refractivity contribution in [3.05, 3.63) is 41.5 Å². The van der Waals surface area contributed by atoms with Crippen LogP contribution in [0.4, 0.5) is 5.69 Å². The highest BCUT2D eigenvalue weighted by Crippen LogP contribution is 2.24. The summed E-state index contributed by atoms with van der Waals surface area (Å²) >= 11 is 0. The number of carbonyl (C=O) groups is 2. The first kappa shape index (κ1) is 15.3. The van der Waals surface area contributed by atoms with Gasteiger partial charge in [-0.1, -0.05) is 19.1 Å². The van der Waals surface area contributed by atoms with Crippen molar-refractivity contribution >= 4 is 17.6 Å². The number of allylic oxidation sites excluding steroid dienone is 1. The number of esters is 1. The highest BCUT2D eigenvalue weighted by molar-refractivity contribution is 5.96. The molecule has 1 amide bonds. The van der Waals surface area contributed by atoms with Crippen LogP contribution < -0.4 is 5.32 Å². The Morgan fingerprint density at radius 3 is 2.86 bits per heavy atom. The summed E-state index contributed by atoms with van der Waals surface area (Å²) in [5.41, 5.74) is 3.41. The van der Waals surface area contributed by atoms with Crippen LogP contribution in [0.25, 0.3) is 0 Å². The molecule has 1 aliphatic carbocycles. The molecule has 0 heterocycles. The summed E-state index contributed by atoms with van der Waals surface area (Å²) in [6.07, 6.45) is 6.33. The minimum Gasteiger partial charge on any atom is -0.449 e. The van der Waals surface area contributed by atoms with Crippen molar-refractivity contribution in [2.45, 2.75) is 45.6 Å². The number of fused-ring (bicyclic) bond motifs is 1. The molecule has 0 aliphatic heterocycles. The summed E-state index contributed by atoms with van der Waals surface area (Å²) in [5.74, 6) is -0.806. The maximum Gasteiger partial charge on any atom is 0.331 e. The van der Waals surface area contributed by atoms with Crippen LogP contribution in [0.15, 0.2) is 30.4 Å². The van der Waals surface area contributed by atoms with Crippen LogP contribution in [0.3, 0.4) is 0 Å². The number of rotatable bonds is 5. The van der Waals surface area contributed by atoms with Gasteiger partial charge in [0.05, 0.1) is 0 Å². The number of hydrogen-bond donors (Lipinski definition) is 1. The molecule has 0 saturated carbocycles. The SMILES string of the molecule is CCC=CC(=O)OC(C)C(=O)Nc1ccc2c(c1)CCC2. The Morgan fingerprint density at radius 1 is 1.33 bits per heavy atom. The van der Waals surface area contributed by atoms with Crippen LogP contribution >= 0.6 is 0 Å². The number of benzene rings is 1. The third-order valence-corrected chi connectivity index (χ3v) is 3.52. The zero-order valence-corrected chi connectivity index (χ0v) is 12.5. The number of aryl methyl sites for hydroxylation is 2. The van der Waals surface area contributed by atoms with Crippen molar-refractivity contribution in [2.75, 3.05) is 5.32 Å². The van der Waals surface area contributed by atoms with Crippen molar-refractivity contribution in [2.24, 2.45) is 0 Å². The summed E-state index contributed by atoms with van der Waals surface area (Å²) < 4.78 is 5.04. The first-order valence-electron chi connectivity index (χ1n) is 7.40. The Morgan fingerprint density at radius 2 is 2.10 bits per heavy atom. The molecule has 0 fully saturated rings. The number of carbonyl (C=O) groups excluding carboxylic acids is 2. The summed E-state index contributed by atoms with van der Waals surface area (Å²) in [4.78, 5) is 23.4. The standard InChI is InChI=1S/C17H21NO3/c1-3-4-8-16(19)21-12(2)17(20)18-15-10-9-13-6-5-7-14(13)11-15/h4,8-12H,3,5-7H2,1-2H3,(H,18,20). The zero-order valence-electron chi connectivity index (χ0n) is 12.5. The highest BCUT2D eigenvalue weighted by Gasteiger charge is 2.17. The van der Waals surface area contributed by atoms with Gasteiger partial charge in [0.15, 0.2) is 6.10 Å². The van der Waals surface area contributed by atoms with Gasteiger partial charge in [-0.2, -0.15) is 0 Å². The molecule has 112 valence electrons. The number of anilines is 1. The summed E-state index contributed by atoms with van der Waals surface area (Å²) in [6, 6.07) is 5.96. The van der Waals surface area contributed by atoms with Crippen LogP contribution in [-0.4, -0.2) is 18.0 Å². The van der Waals surface area contributed by atoms with Crippen LogP contribution in [0.5, 0.6) is 0 Å². The number of nitrogens with one attached hydrogen (secondary N) is 1. The highest BCUT2D eigenvalue weighted by atomic mass is 16.5. The van der Waals surface area contributed by atoms with E-state index in [9.17, 15) is 9.59 Å². The molecule has 0 aromatic heterocycles. The van der Waals surface area contributed by atoms with Crippen molar-refractivity contribution in [3.63, 3.8) is 0 Å². The second-order valence-electron chi connectivity index (χ2n) is 5.22. The van der Waals surface area contributed by atoms with Gasteiger partial charge in [-0.3, -0.25) is 4.79 Å². The average Bonchev–Trinajstić information content (AvgIpc) is 2.92. The molecule has 0 spiro atoms. The van der Waals surface area contributed by atoms with E-state index in [0.29, 0.717) is 0 Å². The fourth-order valence-corrected chi connectivity index (χ4v) is 2.37. The minimum atomic E-state index is -0.813. The van der Waals surface area contributed by atoms with Gasteiger partial charge in [0.1, 0.15) is 0 Å². The molecule has 4 nitrogen and oxygen atoms in total. The van der Waals surface area contributed by atoms with Crippen molar-refractivity contribution in [3.8, 4) is 0 Å². The molecule has 1 N–H and O–H groups in total. The largest absolute Gasteiger partial charge is 0.449 e. The van der Waals surface area contributed by atoms with E-state index in [0.717, 1.165) is 24.9 Å². The monoisotopic (exact) mass is 287 g/mol. The zero-order chi connectivity index (χ0) is 15.2. The molecule has 1 aromatic rings. The van der Waals surface area contributed by atoms with Gasteiger partial charge in [0, 0.05) is 11.8 Å². The smallest absolute Gasteiger partial charge is 0.331 e. The van der Waals surface area contributed by atoms with Gasteiger partial charge in [-0.05, 0) is 55.9 Å². The Bertz CT molecular complexity index is 563. The molecule has 1 aliphatic rings. The Hall–Kier alpha value is -2.10. The fraction of sp³-hybridized carbons (Fsp3) is 0.412. The lowest BCUT2D eigenvalue weighted by molar-refractivity contribution is -0.148. The molecule has 1 unspecified atom stereocenters. The van der Waals surface area contributed by atoms with E-state index in [4.69, 9.17) is 4.74 Å². The number of ether oxygens (including phenoxy) is 1. The predicted octanol–water partition coefficient (Wildman–Crippen LogP) is 3.01. The third-order valence-electron chi connectivity index (χ3n) is 3.52. The lowest BCUT2D eigenvalue weighted by atomic mass is 10.1.